The van der Waals surface area contributed by atoms with Crippen LogP contribution in [0.15, 0.2) is 59.5 Å². The lowest BCUT2D eigenvalue weighted by molar-refractivity contribution is 0.254. The fourth-order valence-electron chi connectivity index (χ4n) is 2.92. The fourth-order valence-corrected chi connectivity index (χ4v) is 3.90. The summed E-state index contributed by atoms with van der Waals surface area (Å²) in [7, 11) is 1.46. The van der Waals surface area contributed by atoms with Gasteiger partial charge >= 0.3 is 6.03 Å². The molecule has 1 aliphatic rings. The van der Waals surface area contributed by atoms with Gasteiger partial charge in [0.25, 0.3) is 0 Å². The van der Waals surface area contributed by atoms with Gasteiger partial charge in [-0.15, -0.1) is 0 Å². The van der Waals surface area contributed by atoms with Crippen molar-refractivity contribution in [1.82, 2.24) is 4.98 Å². The van der Waals surface area contributed by atoms with Gasteiger partial charge in [0.05, 0.1) is 24.2 Å². The van der Waals surface area contributed by atoms with Gasteiger partial charge in [-0.3, -0.25) is 4.90 Å². The van der Waals surface area contributed by atoms with Crippen molar-refractivity contribution in [1.29, 1.82) is 0 Å². The number of anilines is 2. The third-order valence-corrected chi connectivity index (χ3v) is 5.37. The number of hydrogen-bond acceptors (Lipinski definition) is 4. The van der Waals surface area contributed by atoms with Crippen LogP contribution in [0.3, 0.4) is 0 Å². The Hall–Kier alpha value is -3.20. The minimum Gasteiger partial charge on any atom is -0.481 e. The quantitative estimate of drug-likeness (QED) is 0.550. The third-order valence-electron chi connectivity index (χ3n) is 4.30. The van der Waals surface area contributed by atoms with Crippen molar-refractivity contribution in [2.75, 3.05) is 16.3 Å². The largest absolute Gasteiger partial charge is 0.481 e. The Morgan fingerprint density at radius 3 is 2.48 bits per heavy atom. The number of halogens is 3. The van der Waals surface area contributed by atoms with Crippen molar-refractivity contribution in [3.63, 3.8) is 0 Å². The first-order chi connectivity index (χ1) is 14.0. The molecule has 5 nitrogen and oxygen atoms in total. The number of pyridine rings is 1. The van der Waals surface area contributed by atoms with Gasteiger partial charge in [-0.05, 0) is 18.2 Å². The zero-order valence-corrected chi connectivity index (χ0v) is 15.9. The Bertz CT molecular complexity index is 1070. The molecule has 0 fully saturated rings. The number of rotatable bonds is 4. The Morgan fingerprint density at radius 2 is 1.76 bits per heavy atom. The average Bonchev–Trinajstić information content (AvgIpc) is 2.71. The molecular formula is C20H14F3N3O2S. The van der Waals surface area contributed by atoms with E-state index in [1.54, 1.807) is 42.5 Å². The molecule has 0 atom stereocenters. The standard InChI is InChI=1S/C20H14F3N3O2S/c1-28-19-8-4-7-18(24-19)26-20(27)25(16-5-2-3-6-17(16)29-26)11-13-14(22)9-12(21)10-15(13)23/h2-10H,11H2,1H3. The predicted molar refractivity (Wildman–Crippen MR) is 103 cm³/mol. The molecule has 2 amide bonds. The van der Waals surface area contributed by atoms with Crippen LogP contribution < -0.4 is 13.9 Å². The molecule has 4 rings (SSSR count). The van der Waals surface area contributed by atoms with E-state index in [9.17, 15) is 18.0 Å². The van der Waals surface area contributed by atoms with Crippen LogP contribution in [0.25, 0.3) is 0 Å². The Labute approximate surface area is 168 Å². The molecule has 0 radical (unpaired) electrons. The average molecular weight is 417 g/mol. The number of ether oxygens (including phenoxy) is 1. The van der Waals surface area contributed by atoms with Gasteiger partial charge in [-0.1, -0.05) is 18.2 Å². The lowest BCUT2D eigenvalue weighted by Crippen LogP contribution is -2.43. The van der Waals surface area contributed by atoms with Crippen molar-refractivity contribution in [3.8, 4) is 5.88 Å². The number of aromatic nitrogens is 1. The number of methoxy groups -OCH3 is 1. The molecule has 0 spiro atoms. The van der Waals surface area contributed by atoms with Gasteiger partial charge in [0.15, 0.2) is 5.82 Å². The number of urea groups is 1. The van der Waals surface area contributed by atoms with E-state index >= 15 is 0 Å². The highest BCUT2D eigenvalue weighted by Crippen LogP contribution is 2.41. The van der Waals surface area contributed by atoms with E-state index in [2.05, 4.69) is 4.98 Å². The van der Waals surface area contributed by atoms with Crippen LogP contribution in [0.5, 0.6) is 5.88 Å². The highest BCUT2D eigenvalue weighted by atomic mass is 32.2. The van der Waals surface area contributed by atoms with Crippen LogP contribution in [0.1, 0.15) is 5.56 Å². The molecular weight excluding hydrogens is 403 g/mol. The van der Waals surface area contributed by atoms with Crippen molar-refractivity contribution in [2.45, 2.75) is 11.4 Å². The SMILES string of the molecule is COc1cccc(N2Sc3ccccc3N(Cc3c(F)cc(F)cc3F)C2=O)n1. The van der Waals surface area contributed by atoms with E-state index < -0.39 is 35.6 Å². The van der Waals surface area contributed by atoms with Crippen LogP contribution in [0, 0.1) is 17.5 Å². The van der Waals surface area contributed by atoms with Crippen molar-refractivity contribution >= 4 is 29.5 Å². The van der Waals surface area contributed by atoms with Crippen molar-refractivity contribution in [2.24, 2.45) is 0 Å². The summed E-state index contributed by atoms with van der Waals surface area (Å²) in [6.45, 7) is -0.408. The molecule has 0 unspecified atom stereocenters. The van der Waals surface area contributed by atoms with Gasteiger partial charge in [-0.25, -0.2) is 22.3 Å². The lowest BCUT2D eigenvalue weighted by Gasteiger charge is -2.35. The zero-order valence-electron chi connectivity index (χ0n) is 15.1. The van der Waals surface area contributed by atoms with Gasteiger partial charge in [0.2, 0.25) is 5.88 Å². The second-order valence-corrected chi connectivity index (χ2v) is 7.10. The monoisotopic (exact) mass is 417 g/mol. The number of carbonyl (C=O) groups is 1. The second-order valence-electron chi connectivity index (χ2n) is 6.11. The summed E-state index contributed by atoms with van der Waals surface area (Å²) in [4.78, 5) is 19.4. The van der Waals surface area contributed by atoms with E-state index in [0.29, 0.717) is 34.4 Å². The molecule has 1 aromatic heterocycles. The maximum atomic E-state index is 14.2. The number of carbonyl (C=O) groups excluding carboxylic acids is 1. The van der Waals surface area contributed by atoms with E-state index in [-0.39, 0.29) is 0 Å². The summed E-state index contributed by atoms with van der Waals surface area (Å²) in [5.74, 6) is -2.52. The summed E-state index contributed by atoms with van der Waals surface area (Å²) in [6.07, 6.45) is 0. The number of para-hydroxylation sites is 1. The number of fused-ring (bicyclic) bond motifs is 1. The fraction of sp³-hybridized carbons (Fsp3) is 0.100. The topological polar surface area (TPSA) is 45.7 Å². The van der Waals surface area contributed by atoms with Gasteiger partial charge in [-0.2, -0.15) is 4.98 Å². The molecule has 3 aromatic rings. The number of nitrogens with zero attached hydrogens (tertiary/aromatic N) is 3. The molecule has 148 valence electrons. The maximum Gasteiger partial charge on any atom is 0.341 e. The molecule has 2 aromatic carbocycles. The molecule has 0 saturated heterocycles. The van der Waals surface area contributed by atoms with Crippen LogP contribution in [0.2, 0.25) is 0 Å². The van der Waals surface area contributed by atoms with Crippen LogP contribution in [-0.4, -0.2) is 18.1 Å². The first kappa shape index (κ1) is 19.1. The van der Waals surface area contributed by atoms with Crippen LogP contribution >= 0.6 is 11.9 Å². The smallest absolute Gasteiger partial charge is 0.341 e. The summed E-state index contributed by atoms with van der Waals surface area (Å²) in [5.41, 5.74) is 0.0878. The van der Waals surface area contributed by atoms with Crippen LogP contribution in [-0.2, 0) is 6.54 Å². The Kier molecular flexibility index (Phi) is 5.06. The van der Waals surface area contributed by atoms with Crippen molar-refractivity contribution < 1.29 is 22.7 Å². The zero-order chi connectivity index (χ0) is 20.5. The van der Waals surface area contributed by atoms with Gasteiger partial charge in [0.1, 0.15) is 17.5 Å². The molecule has 2 heterocycles. The van der Waals surface area contributed by atoms with E-state index in [1.165, 1.54) is 16.3 Å². The van der Waals surface area contributed by atoms with Crippen molar-refractivity contribution in [3.05, 3.63) is 77.6 Å². The van der Waals surface area contributed by atoms with Gasteiger partial charge in [0, 0.05) is 35.7 Å². The molecule has 0 aliphatic carbocycles. The number of amides is 2. The third kappa shape index (κ3) is 3.61. The summed E-state index contributed by atoms with van der Waals surface area (Å²) < 4.78 is 48.1. The lowest BCUT2D eigenvalue weighted by atomic mass is 10.1. The summed E-state index contributed by atoms with van der Waals surface area (Å²) in [6, 6.07) is 12.5. The molecule has 29 heavy (non-hydrogen) atoms. The number of hydrogen-bond donors (Lipinski definition) is 0. The first-order valence-corrected chi connectivity index (χ1v) is 9.28. The molecule has 9 heteroatoms. The number of benzene rings is 2. The molecule has 0 N–H and O–H groups in total. The first-order valence-electron chi connectivity index (χ1n) is 8.51. The van der Waals surface area contributed by atoms with E-state index in [0.717, 1.165) is 11.9 Å². The highest BCUT2D eigenvalue weighted by Gasteiger charge is 2.34. The minimum absolute atomic E-state index is 0.305. The van der Waals surface area contributed by atoms with E-state index in [1.807, 2.05) is 0 Å². The highest BCUT2D eigenvalue weighted by molar-refractivity contribution is 8.01. The maximum absolute atomic E-state index is 14.2. The predicted octanol–water partition coefficient (Wildman–Crippen LogP) is 5.16. The van der Waals surface area contributed by atoms with Gasteiger partial charge < -0.3 is 4.74 Å². The Balaban J connectivity index is 1.77. The normalized spacial score (nSPS) is 13.4. The molecule has 0 saturated carbocycles. The second kappa shape index (κ2) is 7.67. The summed E-state index contributed by atoms with van der Waals surface area (Å²) in [5, 5.41) is 0. The molecule has 0 bridgehead atoms. The van der Waals surface area contributed by atoms with Crippen LogP contribution in [0.4, 0.5) is 29.5 Å². The summed E-state index contributed by atoms with van der Waals surface area (Å²) >= 11 is 1.14. The van der Waals surface area contributed by atoms with E-state index in [4.69, 9.17) is 4.74 Å². The Morgan fingerprint density at radius 1 is 1.03 bits per heavy atom. The minimum atomic E-state index is -1.06. The molecule has 1 aliphatic heterocycles.